The van der Waals surface area contributed by atoms with Crippen molar-refractivity contribution in [2.45, 2.75) is 64.2 Å². The third-order valence-corrected chi connectivity index (χ3v) is 7.74. The second kappa shape index (κ2) is 8.63. The summed E-state index contributed by atoms with van der Waals surface area (Å²) in [6.45, 7) is 10.4. The SMILES string of the molecule is Cc1cc(C)c(S(=O)(=O)O)c(C)c1C/C=C/Cc1c(C)cc(C)c(S(=O)(=O)O)c1C. The van der Waals surface area contributed by atoms with Crippen molar-refractivity contribution in [2.24, 2.45) is 0 Å². The Bertz CT molecular complexity index is 1140. The third kappa shape index (κ3) is 5.00. The topological polar surface area (TPSA) is 109 Å². The summed E-state index contributed by atoms with van der Waals surface area (Å²) in [5.41, 5.74) is 5.55. The molecule has 0 aromatic heterocycles. The quantitative estimate of drug-likeness (QED) is 0.498. The fourth-order valence-corrected chi connectivity index (χ4v) is 6.19. The molecule has 0 atom stereocenters. The molecule has 0 aliphatic heterocycles. The molecule has 0 heterocycles. The molecule has 30 heavy (non-hydrogen) atoms. The van der Waals surface area contributed by atoms with Crippen molar-refractivity contribution < 1.29 is 25.9 Å². The number of aryl methyl sites for hydroxylation is 4. The predicted molar refractivity (Wildman–Crippen MR) is 117 cm³/mol. The average molecular weight is 453 g/mol. The van der Waals surface area contributed by atoms with E-state index in [-0.39, 0.29) is 9.79 Å². The smallest absolute Gasteiger partial charge is 0.282 e. The zero-order valence-corrected chi connectivity index (χ0v) is 19.7. The van der Waals surface area contributed by atoms with Crippen LogP contribution in [0.5, 0.6) is 0 Å². The van der Waals surface area contributed by atoms with E-state index in [0.717, 1.165) is 22.3 Å². The van der Waals surface area contributed by atoms with Crippen LogP contribution in [0.3, 0.4) is 0 Å². The van der Waals surface area contributed by atoms with Gasteiger partial charge in [0, 0.05) is 0 Å². The van der Waals surface area contributed by atoms with E-state index in [4.69, 9.17) is 0 Å². The van der Waals surface area contributed by atoms with Crippen LogP contribution in [0.2, 0.25) is 0 Å². The first-order chi connectivity index (χ1) is 13.7. The predicted octanol–water partition coefficient (Wildman–Crippen LogP) is 4.37. The minimum absolute atomic E-state index is 0.0560. The summed E-state index contributed by atoms with van der Waals surface area (Å²) in [5, 5.41) is 0. The lowest BCUT2D eigenvalue weighted by Gasteiger charge is -2.15. The van der Waals surface area contributed by atoms with Gasteiger partial charge >= 0.3 is 0 Å². The largest absolute Gasteiger partial charge is 0.295 e. The van der Waals surface area contributed by atoms with E-state index >= 15 is 0 Å². The maximum absolute atomic E-state index is 11.7. The standard InChI is InChI=1S/C22H28O6S2/c1-13-11-15(3)21(29(23,24)25)17(5)19(13)9-7-8-10-20-14(2)12-16(4)22(18(20)6)30(26,27)28/h7-8,11-12H,9-10H2,1-6H3,(H,23,24,25)(H,26,27,28)/b8-7+. The van der Waals surface area contributed by atoms with E-state index in [1.54, 1.807) is 39.8 Å². The van der Waals surface area contributed by atoms with Gasteiger partial charge in [-0.2, -0.15) is 16.8 Å². The van der Waals surface area contributed by atoms with Gasteiger partial charge in [0.2, 0.25) is 0 Å². The maximum atomic E-state index is 11.7. The highest BCUT2D eigenvalue weighted by atomic mass is 32.2. The Hall–Kier alpha value is -2.00. The van der Waals surface area contributed by atoms with Crippen LogP contribution < -0.4 is 0 Å². The van der Waals surface area contributed by atoms with Crippen LogP contribution >= 0.6 is 0 Å². The zero-order valence-electron chi connectivity index (χ0n) is 18.1. The Morgan fingerprint density at radius 1 is 0.633 bits per heavy atom. The van der Waals surface area contributed by atoms with Crippen LogP contribution in [-0.2, 0) is 33.1 Å². The van der Waals surface area contributed by atoms with E-state index in [2.05, 4.69) is 0 Å². The van der Waals surface area contributed by atoms with Crippen molar-refractivity contribution in [3.8, 4) is 0 Å². The first-order valence-electron chi connectivity index (χ1n) is 9.45. The lowest BCUT2D eigenvalue weighted by Crippen LogP contribution is -2.08. The highest BCUT2D eigenvalue weighted by molar-refractivity contribution is 7.86. The second-order valence-electron chi connectivity index (χ2n) is 7.72. The summed E-state index contributed by atoms with van der Waals surface area (Å²) in [6.07, 6.45) is 4.72. The number of rotatable bonds is 6. The number of allylic oxidation sites excluding steroid dienone is 2. The monoisotopic (exact) mass is 452 g/mol. The van der Waals surface area contributed by atoms with E-state index < -0.39 is 20.2 Å². The molecule has 2 rings (SSSR count). The molecule has 0 radical (unpaired) electrons. The average Bonchev–Trinajstić information content (AvgIpc) is 2.52. The van der Waals surface area contributed by atoms with Crippen molar-refractivity contribution in [1.29, 1.82) is 0 Å². The molecule has 0 saturated carbocycles. The van der Waals surface area contributed by atoms with Gasteiger partial charge in [-0.05, 0) is 98.9 Å². The van der Waals surface area contributed by atoms with Gasteiger partial charge in [0.1, 0.15) is 0 Å². The van der Waals surface area contributed by atoms with Gasteiger partial charge in [-0.3, -0.25) is 9.11 Å². The van der Waals surface area contributed by atoms with Crippen LogP contribution in [0.25, 0.3) is 0 Å². The van der Waals surface area contributed by atoms with E-state index in [0.29, 0.717) is 35.1 Å². The molecule has 0 unspecified atom stereocenters. The van der Waals surface area contributed by atoms with E-state index in [1.807, 2.05) is 26.0 Å². The molecule has 2 aromatic carbocycles. The first kappa shape index (κ1) is 24.3. The van der Waals surface area contributed by atoms with Crippen molar-refractivity contribution >= 4 is 20.2 Å². The van der Waals surface area contributed by atoms with Gasteiger partial charge in [-0.15, -0.1) is 0 Å². The van der Waals surface area contributed by atoms with Crippen molar-refractivity contribution in [1.82, 2.24) is 0 Å². The molecule has 2 aromatic rings. The molecule has 0 amide bonds. The minimum Gasteiger partial charge on any atom is -0.282 e. The summed E-state index contributed by atoms with van der Waals surface area (Å²) in [6, 6.07) is 3.48. The second-order valence-corrected chi connectivity index (χ2v) is 10.4. The van der Waals surface area contributed by atoms with E-state index in [9.17, 15) is 25.9 Å². The molecule has 164 valence electrons. The van der Waals surface area contributed by atoms with Gasteiger partial charge in [0.25, 0.3) is 20.2 Å². The zero-order chi connectivity index (χ0) is 23.0. The molecule has 8 heteroatoms. The van der Waals surface area contributed by atoms with Crippen molar-refractivity contribution in [2.75, 3.05) is 0 Å². The summed E-state index contributed by atoms with van der Waals surface area (Å²) in [4.78, 5) is -0.112. The van der Waals surface area contributed by atoms with Crippen molar-refractivity contribution in [3.63, 3.8) is 0 Å². The highest BCUT2D eigenvalue weighted by Gasteiger charge is 2.21. The molecule has 0 aliphatic rings. The molecule has 0 bridgehead atoms. The Labute approximate surface area is 179 Å². The molecule has 0 fully saturated rings. The van der Waals surface area contributed by atoms with Gasteiger partial charge in [-0.1, -0.05) is 24.3 Å². The fraction of sp³-hybridized carbons (Fsp3) is 0.364. The Kier molecular flexibility index (Phi) is 6.98. The van der Waals surface area contributed by atoms with Crippen LogP contribution in [0.1, 0.15) is 44.5 Å². The summed E-state index contributed by atoms with van der Waals surface area (Å²) < 4.78 is 66.0. The van der Waals surface area contributed by atoms with Gasteiger partial charge in [0.05, 0.1) is 9.79 Å². The fourth-order valence-electron chi connectivity index (χ4n) is 4.24. The lowest BCUT2D eigenvalue weighted by atomic mass is 9.95. The number of hydrogen-bond donors (Lipinski definition) is 2. The summed E-state index contributed by atoms with van der Waals surface area (Å²) in [5.74, 6) is 0. The maximum Gasteiger partial charge on any atom is 0.295 e. The Balaban J connectivity index is 2.38. The summed E-state index contributed by atoms with van der Waals surface area (Å²) in [7, 11) is -8.63. The Morgan fingerprint density at radius 2 is 0.933 bits per heavy atom. The van der Waals surface area contributed by atoms with Crippen LogP contribution in [-0.4, -0.2) is 25.9 Å². The third-order valence-electron chi connectivity index (χ3n) is 5.45. The molecule has 0 spiro atoms. The van der Waals surface area contributed by atoms with Gasteiger partial charge in [-0.25, -0.2) is 0 Å². The molecule has 0 aliphatic carbocycles. The van der Waals surface area contributed by atoms with Crippen molar-refractivity contribution in [3.05, 3.63) is 68.8 Å². The number of hydrogen-bond acceptors (Lipinski definition) is 4. The van der Waals surface area contributed by atoms with Crippen LogP contribution in [0.4, 0.5) is 0 Å². The minimum atomic E-state index is -4.32. The Morgan fingerprint density at radius 3 is 1.20 bits per heavy atom. The van der Waals surface area contributed by atoms with Crippen LogP contribution in [0, 0.1) is 41.5 Å². The first-order valence-corrected chi connectivity index (χ1v) is 12.3. The van der Waals surface area contributed by atoms with Crippen LogP contribution in [0.15, 0.2) is 34.1 Å². The van der Waals surface area contributed by atoms with E-state index in [1.165, 1.54) is 0 Å². The lowest BCUT2D eigenvalue weighted by molar-refractivity contribution is 0.479. The van der Waals surface area contributed by atoms with Gasteiger partial charge < -0.3 is 0 Å². The molecule has 6 nitrogen and oxygen atoms in total. The molecule has 0 saturated heterocycles. The molecular weight excluding hydrogens is 424 g/mol. The number of benzene rings is 2. The molecule has 2 N–H and O–H groups in total. The highest BCUT2D eigenvalue weighted by Crippen LogP contribution is 2.28. The molecular formula is C22H28O6S2. The summed E-state index contributed by atoms with van der Waals surface area (Å²) >= 11 is 0. The van der Waals surface area contributed by atoms with Gasteiger partial charge in [0.15, 0.2) is 0 Å². The normalized spacial score (nSPS) is 12.7.